The molecule has 0 amide bonds. The van der Waals surface area contributed by atoms with E-state index in [0.717, 1.165) is 30.1 Å². The van der Waals surface area contributed by atoms with Crippen LogP contribution in [0.5, 0.6) is 0 Å². The Morgan fingerprint density at radius 3 is 3.11 bits per heavy atom. The fourth-order valence-electron chi connectivity index (χ4n) is 1.92. The summed E-state index contributed by atoms with van der Waals surface area (Å²) in [6, 6.07) is 2.03. The molecule has 18 heavy (non-hydrogen) atoms. The van der Waals surface area contributed by atoms with E-state index < -0.39 is 0 Å². The van der Waals surface area contributed by atoms with E-state index in [1.54, 1.807) is 13.3 Å². The van der Waals surface area contributed by atoms with Crippen LogP contribution in [0.25, 0.3) is 5.52 Å². The molecule has 0 N–H and O–H groups in total. The van der Waals surface area contributed by atoms with E-state index in [-0.39, 0.29) is 0 Å². The van der Waals surface area contributed by atoms with Gasteiger partial charge in [-0.05, 0) is 13.0 Å². The summed E-state index contributed by atoms with van der Waals surface area (Å²) in [5, 5.41) is 4.39. The van der Waals surface area contributed by atoms with Crippen molar-refractivity contribution in [2.75, 3.05) is 31.7 Å². The Morgan fingerprint density at radius 2 is 2.39 bits per heavy atom. The van der Waals surface area contributed by atoms with E-state index in [9.17, 15) is 0 Å². The molecular weight excluding hydrogens is 228 g/mol. The molecule has 5 heteroatoms. The van der Waals surface area contributed by atoms with Gasteiger partial charge in [0.2, 0.25) is 0 Å². The summed E-state index contributed by atoms with van der Waals surface area (Å²) in [5.74, 6) is 0.912. The molecule has 0 spiro atoms. The van der Waals surface area contributed by atoms with Crippen molar-refractivity contribution in [1.82, 2.24) is 14.6 Å². The van der Waals surface area contributed by atoms with Crippen molar-refractivity contribution >= 4 is 11.3 Å². The van der Waals surface area contributed by atoms with Crippen molar-refractivity contribution < 1.29 is 4.74 Å². The highest BCUT2D eigenvalue weighted by Crippen LogP contribution is 2.19. The van der Waals surface area contributed by atoms with Gasteiger partial charge in [0.1, 0.15) is 5.52 Å². The van der Waals surface area contributed by atoms with Crippen LogP contribution in [0.3, 0.4) is 0 Å². The molecule has 2 heterocycles. The monoisotopic (exact) mass is 246 g/mol. The zero-order valence-electron chi connectivity index (χ0n) is 10.8. The minimum Gasteiger partial charge on any atom is -0.383 e. The second-order valence-electron chi connectivity index (χ2n) is 4.09. The number of hydrogen-bond acceptors (Lipinski definition) is 4. The maximum atomic E-state index is 5.13. The molecule has 2 aromatic rings. The lowest BCUT2D eigenvalue weighted by Gasteiger charge is -2.22. The van der Waals surface area contributed by atoms with Gasteiger partial charge in [-0.1, -0.05) is 6.08 Å². The number of aryl methyl sites for hydroxylation is 1. The number of rotatable bonds is 6. The Balaban J connectivity index is 2.38. The third-order valence-corrected chi connectivity index (χ3v) is 2.71. The predicted molar refractivity (Wildman–Crippen MR) is 72.0 cm³/mol. The molecule has 0 saturated heterocycles. The summed E-state index contributed by atoms with van der Waals surface area (Å²) in [4.78, 5) is 6.59. The minimum atomic E-state index is 0.656. The van der Waals surface area contributed by atoms with Gasteiger partial charge in [-0.25, -0.2) is 9.50 Å². The average molecular weight is 246 g/mol. The molecule has 0 radical (unpaired) electrons. The standard InChI is InChI=1S/C13H18N4O/c1-4-6-16(8-9-18-3)13-12-10-11(2)15-17(12)7-5-14-13/h4-5,7,10H,1,6,8-9H2,2-3H3. The maximum absolute atomic E-state index is 5.13. The van der Waals surface area contributed by atoms with Gasteiger partial charge in [0.15, 0.2) is 5.82 Å². The number of aromatic nitrogens is 3. The van der Waals surface area contributed by atoms with Crippen molar-refractivity contribution in [2.24, 2.45) is 0 Å². The van der Waals surface area contributed by atoms with Crippen LogP contribution in [0.2, 0.25) is 0 Å². The second-order valence-corrected chi connectivity index (χ2v) is 4.09. The molecule has 2 aromatic heterocycles. The summed E-state index contributed by atoms with van der Waals surface area (Å²) in [7, 11) is 1.70. The molecule has 0 aliphatic heterocycles. The van der Waals surface area contributed by atoms with Crippen molar-refractivity contribution in [3.63, 3.8) is 0 Å². The molecule has 0 aliphatic carbocycles. The Hall–Kier alpha value is -1.88. The molecule has 0 saturated carbocycles. The molecule has 5 nitrogen and oxygen atoms in total. The van der Waals surface area contributed by atoms with Crippen LogP contribution in [0.1, 0.15) is 5.69 Å². The molecule has 0 fully saturated rings. The summed E-state index contributed by atoms with van der Waals surface area (Å²) in [6.45, 7) is 7.93. The lowest BCUT2D eigenvalue weighted by Crippen LogP contribution is -2.28. The van der Waals surface area contributed by atoms with Crippen LogP contribution >= 0.6 is 0 Å². The highest BCUT2D eigenvalue weighted by atomic mass is 16.5. The van der Waals surface area contributed by atoms with Crippen molar-refractivity contribution in [1.29, 1.82) is 0 Å². The second kappa shape index (κ2) is 5.64. The summed E-state index contributed by atoms with van der Waals surface area (Å²) in [6.07, 6.45) is 5.48. The molecule has 0 aromatic carbocycles. The summed E-state index contributed by atoms with van der Waals surface area (Å²) < 4.78 is 6.98. The van der Waals surface area contributed by atoms with Gasteiger partial charge in [-0.3, -0.25) is 0 Å². The number of ether oxygens (including phenoxy) is 1. The topological polar surface area (TPSA) is 42.7 Å². The third-order valence-electron chi connectivity index (χ3n) is 2.71. The van der Waals surface area contributed by atoms with E-state index in [2.05, 4.69) is 21.6 Å². The van der Waals surface area contributed by atoms with E-state index in [4.69, 9.17) is 4.74 Å². The SMILES string of the molecule is C=CCN(CCOC)c1nccn2nc(C)cc12. The highest BCUT2D eigenvalue weighted by molar-refractivity contribution is 5.69. The van der Waals surface area contributed by atoms with E-state index in [1.807, 2.05) is 29.8 Å². The Kier molecular flexibility index (Phi) is 3.94. The quantitative estimate of drug-likeness (QED) is 0.727. The number of methoxy groups -OCH3 is 1. The Labute approximate surface area is 107 Å². The lowest BCUT2D eigenvalue weighted by molar-refractivity contribution is 0.205. The smallest absolute Gasteiger partial charge is 0.155 e. The zero-order valence-corrected chi connectivity index (χ0v) is 10.8. The van der Waals surface area contributed by atoms with Gasteiger partial charge in [0.05, 0.1) is 12.3 Å². The first-order valence-corrected chi connectivity index (χ1v) is 5.92. The van der Waals surface area contributed by atoms with Crippen LogP contribution in [0.15, 0.2) is 31.1 Å². The van der Waals surface area contributed by atoms with Crippen LogP contribution in [-0.2, 0) is 4.74 Å². The average Bonchev–Trinajstić information content (AvgIpc) is 2.74. The Bertz CT molecular complexity index is 535. The molecule has 0 aliphatic rings. The zero-order chi connectivity index (χ0) is 13.0. The molecular formula is C13H18N4O. The normalized spacial score (nSPS) is 10.8. The first-order chi connectivity index (χ1) is 8.76. The molecule has 0 unspecified atom stereocenters. The first-order valence-electron chi connectivity index (χ1n) is 5.92. The van der Waals surface area contributed by atoms with E-state index in [0.29, 0.717) is 6.61 Å². The molecule has 0 bridgehead atoms. The van der Waals surface area contributed by atoms with Gasteiger partial charge < -0.3 is 9.64 Å². The van der Waals surface area contributed by atoms with Crippen molar-refractivity contribution in [3.8, 4) is 0 Å². The number of anilines is 1. The van der Waals surface area contributed by atoms with Gasteiger partial charge >= 0.3 is 0 Å². The largest absolute Gasteiger partial charge is 0.383 e. The molecule has 0 atom stereocenters. The summed E-state index contributed by atoms with van der Waals surface area (Å²) in [5.41, 5.74) is 1.99. The molecule has 96 valence electrons. The van der Waals surface area contributed by atoms with Crippen LogP contribution < -0.4 is 4.90 Å². The van der Waals surface area contributed by atoms with Gasteiger partial charge in [-0.2, -0.15) is 5.10 Å². The lowest BCUT2D eigenvalue weighted by atomic mass is 10.3. The fraction of sp³-hybridized carbons (Fsp3) is 0.385. The van der Waals surface area contributed by atoms with E-state index >= 15 is 0 Å². The third kappa shape index (κ3) is 2.51. The van der Waals surface area contributed by atoms with Gasteiger partial charge in [0, 0.05) is 32.6 Å². The number of hydrogen-bond donors (Lipinski definition) is 0. The van der Waals surface area contributed by atoms with Gasteiger partial charge in [-0.15, -0.1) is 6.58 Å². The van der Waals surface area contributed by atoms with Crippen LogP contribution in [0, 0.1) is 6.92 Å². The van der Waals surface area contributed by atoms with Crippen molar-refractivity contribution in [3.05, 3.63) is 36.8 Å². The Morgan fingerprint density at radius 1 is 1.56 bits per heavy atom. The number of nitrogens with zero attached hydrogens (tertiary/aromatic N) is 4. The molecule has 2 rings (SSSR count). The highest BCUT2D eigenvalue weighted by Gasteiger charge is 2.11. The summed E-state index contributed by atoms with van der Waals surface area (Å²) >= 11 is 0. The number of fused-ring (bicyclic) bond motifs is 1. The first kappa shape index (κ1) is 12.6. The van der Waals surface area contributed by atoms with Crippen LogP contribution in [-0.4, -0.2) is 41.4 Å². The maximum Gasteiger partial charge on any atom is 0.155 e. The van der Waals surface area contributed by atoms with Crippen LogP contribution in [0.4, 0.5) is 5.82 Å². The van der Waals surface area contributed by atoms with E-state index in [1.165, 1.54) is 0 Å². The van der Waals surface area contributed by atoms with Gasteiger partial charge in [0.25, 0.3) is 0 Å². The minimum absolute atomic E-state index is 0.656. The fourth-order valence-corrected chi connectivity index (χ4v) is 1.92. The predicted octanol–water partition coefficient (Wildman–Crippen LogP) is 1.68. The van der Waals surface area contributed by atoms with Crippen molar-refractivity contribution in [2.45, 2.75) is 6.92 Å².